The summed E-state index contributed by atoms with van der Waals surface area (Å²) in [6.45, 7) is 3.90. The minimum atomic E-state index is -1.37. The molecule has 2 heterocycles. The van der Waals surface area contributed by atoms with Crippen LogP contribution in [-0.2, 0) is 19.0 Å². The molecule has 0 aromatic rings. The van der Waals surface area contributed by atoms with Crippen molar-refractivity contribution in [3.8, 4) is 0 Å². The zero-order chi connectivity index (χ0) is 14.0. The molecule has 0 aliphatic carbocycles. The number of alkyl halides is 1. The van der Waals surface area contributed by atoms with E-state index < -0.39 is 24.6 Å². The molecule has 1 N–H and O–H groups in total. The van der Waals surface area contributed by atoms with Gasteiger partial charge in [-0.3, -0.25) is 4.79 Å². The van der Waals surface area contributed by atoms with Gasteiger partial charge in [0.1, 0.15) is 18.0 Å². The molecule has 4 atom stereocenters. The summed E-state index contributed by atoms with van der Waals surface area (Å²) in [6, 6.07) is 0. The molecule has 1 fully saturated rings. The molecule has 2 rings (SSSR count). The van der Waals surface area contributed by atoms with Crippen molar-refractivity contribution < 1.29 is 23.4 Å². The molecule has 6 nitrogen and oxygen atoms in total. The van der Waals surface area contributed by atoms with Gasteiger partial charge in [-0.25, -0.2) is 4.39 Å². The summed E-state index contributed by atoms with van der Waals surface area (Å²) in [5.74, 6) is -0.0283. The van der Waals surface area contributed by atoms with Crippen molar-refractivity contribution in [2.24, 2.45) is 0 Å². The summed E-state index contributed by atoms with van der Waals surface area (Å²) in [7, 11) is 2.94. The number of amides is 1. The lowest BCUT2D eigenvalue weighted by Crippen LogP contribution is -2.45. The number of methoxy groups -OCH3 is 2. The van der Waals surface area contributed by atoms with Gasteiger partial charge < -0.3 is 24.4 Å². The molecule has 0 saturated carbocycles. The number of halogens is 1. The van der Waals surface area contributed by atoms with Crippen LogP contribution in [0.25, 0.3) is 0 Å². The molecular formula is C12H17FN2O4. The van der Waals surface area contributed by atoms with Gasteiger partial charge in [0.25, 0.3) is 5.91 Å². The van der Waals surface area contributed by atoms with Crippen LogP contribution in [0.1, 0.15) is 0 Å². The van der Waals surface area contributed by atoms with Gasteiger partial charge in [0.15, 0.2) is 12.4 Å². The Bertz CT molecular complexity index is 401. The Morgan fingerprint density at radius 1 is 1.58 bits per heavy atom. The van der Waals surface area contributed by atoms with Crippen molar-refractivity contribution in [3.05, 3.63) is 24.7 Å². The zero-order valence-electron chi connectivity index (χ0n) is 10.8. The smallest absolute Gasteiger partial charge is 0.250 e. The molecule has 2 aliphatic rings. The highest BCUT2D eigenvalue weighted by molar-refractivity contribution is 5.89. The fraction of sp³-hybridized carbons (Fsp3) is 0.583. The number of rotatable bonds is 4. The molecule has 19 heavy (non-hydrogen) atoms. The van der Waals surface area contributed by atoms with Crippen molar-refractivity contribution in [2.75, 3.05) is 20.8 Å². The molecule has 7 heteroatoms. The minimum absolute atomic E-state index is 0.228. The van der Waals surface area contributed by atoms with Gasteiger partial charge in [-0.05, 0) is 0 Å². The van der Waals surface area contributed by atoms with Gasteiger partial charge in [-0.2, -0.15) is 0 Å². The normalized spacial score (nSPS) is 34.8. The highest BCUT2D eigenvalue weighted by atomic mass is 19.1. The van der Waals surface area contributed by atoms with Crippen LogP contribution < -0.4 is 5.32 Å². The number of nitrogens with zero attached hydrogens (tertiary/aromatic N) is 1. The molecule has 0 aromatic heterocycles. The molecule has 1 amide bonds. The van der Waals surface area contributed by atoms with E-state index in [-0.39, 0.29) is 18.3 Å². The summed E-state index contributed by atoms with van der Waals surface area (Å²) in [4.78, 5) is 12.6. The third kappa shape index (κ3) is 2.63. The van der Waals surface area contributed by atoms with Crippen LogP contribution in [-0.4, -0.2) is 56.2 Å². The van der Waals surface area contributed by atoms with Crippen LogP contribution in [0.4, 0.5) is 4.39 Å². The van der Waals surface area contributed by atoms with E-state index >= 15 is 0 Å². The average Bonchev–Trinajstić information content (AvgIpc) is 2.66. The lowest BCUT2D eigenvalue weighted by Gasteiger charge is -2.31. The standard InChI is InChI=1S/C12H17FN2O4/c1-7-14-9(16)4-5-15(7)12-10(13)11(18-3)8(19-12)6-17-2/h4-5,8,10-12H,1,6H2,2-3H3,(H,14,16)/t8?,10?,11-,12-/m1/s1. The molecule has 0 aromatic carbocycles. The maximum Gasteiger partial charge on any atom is 0.250 e. The van der Waals surface area contributed by atoms with Crippen LogP contribution in [0.2, 0.25) is 0 Å². The van der Waals surface area contributed by atoms with E-state index in [1.165, 1.54) is 31.4 Å². The Morgan fingerprint density at radius 3 is 2.89 bits per heavy atom. The summed E-state index contributed by atoms with van der Waals surface area (Å²) >= 11 is 0. The van der Waals surface area contributed by atoms with E-state index in [0.717, 1.165) is 0 Å². The van der Waals surface area contributed by atoms with Gasteiger partial charge in [-0.1, -0.05) is 6.58 Å². The molecule has 2 unspecified atom stereocenters. The Morgan fingerprint density at radius 2 is 2.32 bits per heavy atom. The van der Waals surface area contributed by atoms with E-state index in [2.05, 4.69) is 11.9 Å². The van der Waals surface area contributed by atoms with Gasteiger partial charge >= 0.3 is 0 Å². The highest BCUT2D eigenvalue weighted by Crippen LogP contribution is 2.30. The number of hydrogen-bond acceptors (Lipinski definition) is 5. The third-order valence-corrected chi connectivity index (χ3v) is 3.11. The Labute approximate surface area is 110 Å². The fourth-order valence-corrected chi connectivity index (χ4v) is 2.22. The van der Waals surface area contributed by atoms with Crippen LogP contribution in [0.5, 0.6) is 0 Å². The zero-order valence-corrected chi connectivity index (χ0v) is 10.8. The molecule has 0 radical (unpaired) electrons. The largest absolute Gasteiger partial charge is 0.382 e. The lowest BCUT2D eigenvalue weighted by molar-refractivity contribution is -0.118. The monoisotopic (exact) mass is 272 g/mol. The second-order valence-electron chi connectivity index (χ2n) is 4.32. The predicted molar refractivity (Wildman–Crippen MR) is 64.5 cm³/mol. The van der Waals surface area contributed by atoms with E-state index in [4.69, 9.17) is 14.2 Å². The average molecular weight is 272 g/mol. The van der Waals surface area contributed by atoms with Crippen LogP contribution >= 0.6 is 0 Å². The van der Waals surface area contributed by atoms with Crippen molar-refractivity contribution in [2.45, 2.75) is 24.6 Å². The van der Waals surface area contributed by atoms with Gasteiger partial charge in [0.2, 0.25) is 0 Å². The number of nitrogens with one attached hydrogen (secondary N) is 1. The highest BCUT2D eigenvalue weighted by Gasteiger charge is 2.48. The number of hydrogen-bond donors (Lipinski definition) is 1. The van der Waals surface area contributed by atoms with Crippen LogP contribution in [0, 0.1) is 0 Å². The predicted octanol–water partition coefficient (Wildman–Crippen LogP) is 0.127. The SMILES string of the molecule is C=C1NC(=O)C=CN1[C@@H]1OC(COC)[C@@H](OC)C1F. The maximum absolute atomic E-state index is 14.3. The first kappa shape index (κ1) is 14.0. The van der Waals surface area contributed by atoms with Crippen LogP contribution in [0.15, 0.2) is 24.7 Å². The third-order valence-electron chi connectivity index (χ3n) is 3.11. The van der Waals surface area contributed by atoms with Gasteiger partial charge in [0, 0.05) is 26.5 Å². The number of carbonyl (C=O) groups excluding carboxylic acids is 1. The fourth-order valence-electron chi connectivity index (χ4n) is 2.22. The summed E-state index contributed by atoms with van der Waals surface area (Å²) in [5.41, 5.74) is 0. The molecule has 106 valence electrons. The minimum Gasteiger partial charge on any atom is -0.382 e. The van der Waals surface area contributed by atoms with E-state index in [1.54, 1.807) is 0 Å². The van der Waals surface area contributed by atoms with Gasteiger partial charge in [0.05, 0.1) is 6.61 Å². The van der Waals surface area contributed by atoms with Crippen molar-refractivity contribution in [1.29, 1.82) is 0 Å². The Balaban J connectivity index is 2.14. The van der Waals surface area contributed by atoms with E-state index in [9.17, 15) is 9.18 Å². The topological polar surface area (TPSA) is 60.0 Å². The molecule has 0 bridgehead atoms. The second kappa shape index (κ2) is 5.68. The lowest BCUT2D eigenvalue weighted by atomic mass is 10.1. The van der Waals surface area contributed by atoms with E-state index in [0.29, 0.717) is 0 Å². The number of ether oxygens (including phenoxy) is 3. The molecule has 0 spiro atoms. The quantitative estimate of drug-likeness (QED) is 0.788. The van der Waals surface area contributed by atoms with Crippen molar-refractivity contribution in [3.63, 3.8) is 0 Å². The first-order valence-corrected chi connectivity index (χ1v) is 5.86. The summed E-state index contributed by atoms with van der Waals surface area (Å²) in [5, 5.41) is 2.49. The van der Waals surface area contributed by atoms with E-state index in [1.807, 2.05) is 0 Å². The summed E-state index contributed by atoms with van der Waals surface area (Å²) in [6.07, 6.45) is -0.759. The first-order chi connectivity index (χ1) is 9.08. The molecule has 1 saturated heterocycles. The van der Waals surface area contributed by atoms with Crippen molar-refractivity contribution in [1.82, 2.24) is 10.2 Å². The molecular weight excluding hydrogens is 255 g/mol. The van der Waals surface area contributed by atoms with Crippen LogP contribution in [0.3, 0.4) is 0 Å². The first-order valence-electron chi connectivity index (χ1n) is 5.86. The van der Waals surface area contributed by atoms with Crippen molar-refractivity contribution >= 4 is 5.91 Å². The maximum atomic E-state index is 14.3. The Hall–Kier alpha value is -1.44. The number of carbonyl (C=O) groups is 1. The Kier molecular flexibility index (Phi) is 4.18. The molecule has 2 aliphatic heterocycles. The summed E-state index contributed by atoms with van der Waals surface area (Å²) < 4.78 is 30.1. The second-order valence-corrected chi connectivity index (χ2v) is 4.32. The van der Waals surface area contributed by atoms with Gasteiger partial charge in [-0.15, -0.1) is 0 Å².